The van der Waals surface area contributed by atoms with E-state index >= 15 is 0 Å². The fourth-order valence-corrected chi connectivity index (χ4v) is 2.86. The number of nitro groups is 1. The second kappa shape index (κ2) is 5.32. The van der Waals surface area contributed by atoms with Crippen molar-refractivity contribution in [3.05, 3.63) is 16.3 Å². The number of rotatable bonds is 5. The minimum Gasteiger partial charge on any atom is -0.481 e. The van der Waals surface area contributed by atoms with Gasteiger partial charge in [-0.25, -0.2) is 9.55 Å². The van der Waals surface area contributed by atoms with E-state index in [2.05, 4.69) is 15.2 Å². The van der Waals surface area contributed by atoms with Crippen molar-refractivity contribution >= 4 is 34.9 Å². The van der Waals surface area contributed by atoms with Crippen molar-refractivity contribution in [1.29, 1.82) is 0 Å². The normalized spacial score (nSPS) is 10.6. The Morgan fingerprint density at radius 2 is 2.37 bits per heavy atom. The molecule has 0 bridgehead atoms. The van der Waals surface area contributed by atoms with Gasteiger partial charge in [-0.15, -0.1) is 10.2 Å². The molecule has 0 saturated carbocycles. The zero-order valence-corrected chi connectivity index (χ0v) is 11.1. The summed E-state index contributed by atoms with van der Waals surface area (Å²) in [6, 6.07) is 0. The van der Waals surface area contributed by atoms with Crippen LogP contribution >= 0.6 is 23.1 Å². The minimum atomic E-state index is -0.950. The molecule has 0 saturated heterocycles. The average Bonchev–Trinajstić information content (AvgIpc) is 2.92. The number of imidazole rings is 1. The molecule has 0 amide bonds. The second-order valence-corrected chi connectivity index (χ2v) is 5.51. The van der Waals surface area contributed by atoms with Crippen LogP contribution in [0.2, 0.25) is 0 Å². The molecule has 2 heterocycles. The van der Waals surface area contributed by atoms with Gasteiger partial charge in [0.1, 0.15) is 6.20 Å². The Bertz CT molecular complexity index is 637. The van der Waals surface area contributed by atoms with Crippen LogP contribution in [-0.4, -0.2) is 41.5 Å². The van der Waals surface area contributed by atoms with Crippen molar-refractivity contribution in [3.63, 3.8) is 0 Å². The summed E-state index contributed by atoms with van der Waals surface area (Å²) < 4.78 is 1.77. The molecule has 19 heavy (non-hydrogen) atoms. The fraction of sp³-hybridized carbons (Fsp3) is 0.250. The van der Waals surface area contributed by atoms with E-state index in [0.717, 1.165) is 29.3 Å². The van der Waals surface area contributed by atoms with E-state index < -0.39 is 10.9 Å². The quantitative estimate of drug-likeness (QED) is 0.493. The van der Waals surface area contributed by atoms with Gasteiger partial charge in [0.05, 0.1) is 12.8 Å². The lowest BCUT2D eigenvalue weighted by molar-refractivity contribution is -0.391. The molecule has 2 rings (SSSR count). The molecule has 1 N–H and O–H groups in total. The fourth-order valence-electron chi connectivity index (χ4n) is 1.25. The number of nitrogens with zero attached hydrogens (tertiary/aromatic N) is 5. The zero-order valence-electron chi connectivity index (χ0n) is 9.51. The van der Waals surface area contributed by atoms with E-state index in [1.54, 1.807) is 0 Å². The molecule has 0 aliphatic rings. The summed E-state index contributed by atoms with van der Waals surface area (Å²) >= 11 is 2.18. The molecule has 0 radical (unpaired) electrons. The van der Waals surface area contributed by atoms with Crippen molar-refractivity contribution < 1.29 is 14.8 Å². The van der Waals surface area contributed by atoms with E-state index in [1.807, 2.05) is 0 Å². The second-order valence-electron chi connectivity index (χ2n) is 3.31. The van der Waals surface area contributed by atoms with E-state index in [1.165, 1.54) is 11.6 Å². The van der Waals surface area contributed by atoms with Gasteiger partial charge in [-0.05, 0) is 4.92 Å². The molecule has 0 aliphatic carbocycles. The summed E-state index contributed by atoms with van der Waals surface area (Å²) in [5.74, 6) is -0.888. The SMILES string of the molecule is Cn1c([N+](=O)[O-])cnc1-c1nnc(SCC(=O)O)s1. The van der Waals surface area contributed by atoms with E-state index in [0.29, 0.717) is 15.2 Å². The molecule has 11 heteroatoms. The first-order chi connectivity index (χ1) is 8.99. The van der Waals surface area contributed by atoms with Crippen molar-refractivity contribution in [1.82, 2.24) is 19.7 Å². The van der Waals surface area contributed by atoms with Crippen molar-refractivity contribution in [2.75, 3.05) is 5.75 Å². The Morgan fingerprint density at radius 3 is 2.95 bits per heavy atom. The van der Waals surface area contributed by atoms with Crippen LogP contribution in [0.15, 0.2) is 10.5 Å². The molecule has 0 aromatic carbocycles. The van der Waals surface area contributed by atoms with Gasteiger partial charge < -0.3 is 15.2 Å². The third-order valence-electron chi connectivity index (χ3n) is 2.07. The maximum atomic E-state index is 10.7. The van der Waals surface area contributed by atoms with Gasteiger partial charge in [0, 0.05) is 0 Å². The number of carboxylic acid groups (broad SMARTS) is 1. The smallest absolute Gasteiger partial charge is 0.342 e. The predicted molar refractivity (Wildman–Crippen MR) is 67.1 cm³/mol. The number of aromatic nitrogens is 4. The van der Waals surface area contributed by atoms with Gasteiger partial charge in [-0.2, -0.15) is 0 Å². The lowest BCUT2D eigenvalue weighted by Gasteiger charge is -1.94. The maximum absolute atomic E-state index is 10.7. The van der Waals surface area contributed by atoms with Crippen LogP contribution in [0.1, 0.15) is 0 Å². The van der Waals surface area contributed by atoms with Gasteiger partial charge in [0.2, 0.25) is 5.01 Å². The highest BCUT2D eigenvalue weighted by atomic mass is 32.2. The predicted octanol–water partition coefficient (Wildman–Crippen LogP) is 1.02. The number of hydrogen-bond acceptors (Lipinski definition) is 8. The number of carbonyl (C=O) groups is 1. The van der Waals surface area contributed by atoms with Crippen LogP contribution < -0.4 is 0 Å². The molecule has 0 spiro atoms. The molecule has 9 nitrogen and oxygen atoms in total. The number of aliphatic carboxylic acids is 1. The van der Waals surface area contributed by atoms with Crippen molar-refractivity contribution in [3.8, 4) is 10.8 Å². The Balaban J connectivity index is 2.23. The van der Waals surface area contributed by atoms with Gasteiger partial charge in [-0.1, -0.05) is 23.1 Å². The van der Waals surface area contributed by atoms with Crippen LogP contribution in [0.25, 0.3) is 10.8 Å². The summed E-state index contributed by atoms with van der Waals surface area (Å²) in [5.41, 5.74) is 0. The Kier molecular flexibility index (Phi) is 3.76. The van der Waals surface area contributed by atoms with Gasteiger partial charge >= 0.3 is 11.8 Å². The average molecular weight is 301 g/mol. The standard InChI is InChI=1S/C8H7N5O4S2/c1-12-4(13(16)17)2-9-6(12)7-10-11-8(19-7)18-3-5(14)15/h2H,3H2,1H3,(H,14,15). The molecule has 2 aromatic rings. The van der Waals surface area contributed by atoms with Crippen LogP contribution in [0, 0.1) is 10.1 Å². The first-order valence-corrected chi connectivity index (χ1v) is 6.64. The summed E-state index contributed by atoms with van der Waals surface area (Å²) in [6.45, 7) is 0. The zero-order chi connectivity index (χ0) is 14.0. The van der Waals surface area contributed by atoms with E-state index in [9.17, 15) is 14.9 Å². The molecule has 0 unspecified atom stereocenters. The number of carboxylic acids is 1. The lowest BCUT2D eigenvalue weighted by atomic mass is 10.6. The minimum absolute atomic E-state index is 0.116. The number of thioether (sulfide) groups is 1. The van der Waals surface area contributed by atoms with Crippen LogP contribution in [0.4, 0.5) is 5.82 Å². The maximum Gasteiger partial charge on any atom is 0.342 e. The van der Waals surface area contributed by atoms with Crippen molar-refractivity contribution in [2.24, 2.45) is 7.05 Å². The van der Waals surface area contributed by atoms with Crippen LogP contribution in [0.5, 0.6) is 0 Å². The largest absolute Gasteiger partial charge is 0.481 e. The first-order valence-electron chi connectivity index (χ1n) is 4.83. The van der Waals surface area contributed by atoms with Crippen LogP contribution in [-0.2, 0) is 11.8 Å². The van der Waals surface area contributed by atoms with E-state index in [-0.39, 0.29) is 11.6 Å². The summed E-state index contributed by atoms with van der Waals surface area (Å²) in [7, 11) is 1.51. The Morgan fingerprint density at radius 1 is 1.63 bits per heavy atom. The Labute approximate surface area is 114 Å². The van der Waals surface area contributed by atoms with Gasteiger partial charge in [0.25, 0.3) is 5.82 Å². The molecule has 0 atom stereocenters. The first kappa shape index (κ1) is 13.4. The summed E-state index contributed by atoms with van der Waals surface area (Å²) in [4.78, 5) is 24.5. The molecular weight excluding hydrogens is 294 g/mol. The summed E-state index contributed by atoms with van der Waals surface area (Å²) in [5, 5.41) is 27.3. The lowest BCUT2D eigenvalue weighted by Crippen LogP contribution is -1.98. The highest BCUT2D eigenvalue weighted by Gasteiger charge is 2.21. The molecule has 2 aromatic heterocycles. The monoisotopic (exact) mass is 301 g/mol. The van der Waals surface area contributed by atoms with Gasteiger partial charge in [-0.3, -0.25) is 4.79 Å². The molecule has 0 aliphatic heterocycles. The van der Waals surface area contributed by atoms with Crippen LogP contribution in [0.3, 0.4) is 0 Å². The molecule has 0 fully saturated rings. The van der Waals surface area contributed by atoms with Crippen molar-refractivity contribution in [2.45, 2.75) is 4.34 Å². The highest BCUT2D eigenvalue weighted by molar-refractivity contribution is 8.01. The third-order valence-corrected chi connectivity index (χ3v) is 4.10. The topological polar surface area (TPSA) is 124 Å². The van der Waals surface area contributed by atoms with Gasteiger partial charge in [0.15, 0.2) is 4.34 Å². The Hall–Kier alpha value is -2.01. The molecular formula is C8H7N5O4S2. The third kappa shape index (κ3) is 2.88. The number of hydrogen-bond donors (Lipinski definition) is 1. The highest BCUT2D eigenvalue weighted by Crippen LogP contribution is 2.29. The molecule has 100 valence electrons. The van der Waals surface area contributed by atoms with E-state index in [4.69, 9.17) is 5.11 Å². The summed E-state index contributed by atoms with van der Waals surface area (Å²) in [6.07, 6.45) is 1.14.